The summed E-state index contributed by atoms with van der Waals surface area (Å²) in [6.45, 7) is 3.94. The van der Waals surface area contributed by atoms with Crippen LogP contribution >= 0.6 is 24.8 Å². The molecule has 1 atom stereocenters. The van der Waals surface area contributed by atoms with E-state index in [2.05, 4.69) is 49.1 Å². The van der Waals surface area contributed by atoms with Crippen LogP contribution in [0, 0.1) is 0 Å². The number of hydrogen-bond donors (Lipinski definition) is 2. The normalized spacial score (nSPS) is 17.5. The van der Waals surface area contributed by atoms with E-state index in [4.69, 9.17) is 0 Å². The highest BCUT2D eigenvalue weighted by atomic mass is 35.5. The summed E-state index contributed by atoms with van der Waals surface area (Å²) >= 11 is 0. The fourth-order valence-electron chi connectivity index (χ4n) is 4.42. The molecule has 0 saturated carbocycles. The molecule has 2 aliphatic rings. The van der Waals surface area contributed by atoms with E-state index >= 15 is 0 Å². The zero-order valence-corrected chi connectivity index (χ0v) is 18.9. The minimum Gasteiger partial charge on any atom is -0.347 e. The largest absolute Gasteiger partial charge is 0.347 e. The number of aryl methyl sites for hydroxylation is 1. The van der Waals surface area contributed by atoms with Crippen molar-refractivity contribution in [3.63, 3.8) is 0 Å². The number of hydrogen-bond acceptors (Lipinski definition) is 4. The summed E-state index contributed by atoms with van der Waals surface area (Å²) in [5.41, 5.74) is 4.04. The number of fused-ring (bicyclic) bond motifs is 2. The van der Waals surface area contributed by atoms with Crippen molar-refractivity contribution in [3.05, 3.63) is 71.3 Å². The molecule has 2 N–H and O–H groups in total. The first-order valence-electron chi connectivity index (χ1n) is 10.4. The van der Waals surface area contributed by atoms with Gasteiger partial charge in [-0.15, -0.1) is 24.8 Å². The number of halogens is 2. The number of imidazole rings is 2. The first-order valence-corrected chi connectivity index (χ1v) is 10.4. The van der Waals surface area contributed by atoms with Gasteiger partial charge in [0.2, 0.25) is 0 Å². The molecule has 9 heteroatoms. The lowest BCUT2D eigenvalue weighted by Crippen LogP contribution is -2.38. The van der Waals surface area contributed by atoms with Crippen molar-refractivity contribution in [2.75, 3.05) is 19.6 Å². The Labute approximate surface area is 194 Å². The highest BCUT2D eigenvalue weighted by Gasteiger charge is 2.31. The monoisotopic (exact) mass is 462 g/mol. The summed E-state index contributed by atoms with van der Waals surface area (Å²) in [6.07, 6.45) is 6.48. The summed E-state index contributed by atoms with van der Waals surface area (Å²) in [4.78, 5) is 27.6. The fourth-order valence-corrected chi connectivity index (χ4v) is 4.42. The third-order valence-electron chi connectivity index (χ3n) is 5.97. The molecule has 7 nitrogen and oxygen atoms in total. The number of rotatable bonds is 4. The summed E-state index contributed by atoms with van der Waals surface area (Å²) < 4.78 is 2.12. The van der Waals surface area contributed by atoms with E-state index in [1.165, 1.54) is 5.56 Å². The van der Waals surface area contributed by atoms with Crippen LogP contribution in [0.1, 0.15) is 45.6 Å². The molecule has 2 aliphatic heterocycles. The Morgan fingerprint density at radius 3 is 2.84 bits per heavy atom. The van der Waals surface area contributed by atoms with Crippen molar-refractivity contribution in [1.82, 2.24) is 29.7 Å². The summed E-state index contributed by atoms with van der Waals surface area (Å²) in [5.74, 6) is 1.25. The number of aromatic amines is 1. The van der Waals surface area contributed by atoms with E-state index in [9.17, 15) is 4.79 Å². The third-order valence-corrected chi connectivity index (χ3v) is 5.97. The maximum Gasteiger partial charge on any atom is 0.274 e. The molecule has 166 valence electrons. The standard InChI is InChI=1S/C22H26N6O.2ClH/c29-22(19-14-27-11-10-23-9-8-20(27)26-19)28-12-17(21-18(13-28)24-15-25-21)7-6-16-4-2-1-3-5-16;;/h1-5,14-15,17,23H,6-13H2,(H,24,25);2*1H. The second kappa shape index (κ2) is 10.3. The van der Waals surface area contributed by atoms with Crippen molar-refractivity contribution in [3.8, 4) is 0 Å². The second-order valence-corrected chi connectivity index (χ2v) is 7.91. The van der Waals surface area contributed by atoms with E-state index in [0.29, 0.717) is 18.8 Å². The van der Waals surface area contributed by atoms with Gasteiger partial charge in [-0.3, -0.25) is 4.79 Å². The second-order valence-electron chi connectivity index (χ2n) is 7.91. The van der Waals surface area contributed by atoms with Crippen molar-refractivity contribution >= 4 is 30.7 Å². The molecule has 0 radical (unpaired) electrons. The quantitative estimate of drug-likeness (QED) is 0.624. The minimum atomic E-state index is 0. The Morgan fingerprint density at radius 1 is 1.16 bits per heavy atom. The van der Waals surface area contributed by atoms with Gasteiger partial charge in [0.05, 0.1) is 24.3 Å². The Morgan fingerprint density at radius 2 is 2.00 bits per heavy atom. The highest BCUT2D eigenvalue weighted by Crippen LogP contribution is 2.30. The van der Waals surface area contributed by atoms with Crippen LogP contribution in [0.5, 0.6) is 0 Å². The van der Waals surface area contributed by atoms with Crippen LogP contribution in [0.4, 0.5) is 0 Å². The Kier molecular flexibility index (Phi) is 7.75. The molecule has 1 unspecified atom stereocenters. The smallest absolute Gasteiger partial charge is 0.274 e. The van der Waals surface area contributed by atoms with Crippen LogP contribution in [-0.2, 0) is 25.9 Å². The molecule has 5 rings (SSSR count). The topological polar surface area (TPSA) is 78.8 Å². The molecule has 0 bridgehead atoms. The predicted molar refractivity (Wildman–Crippen MR) is 124 cm³/mol. The van der Waals surface area contributed by atoms with Gasteiger partial charge >= 0.3 is 0 Å². The van der Waals surface area contributed by atoms with E-state index in [-0.39, 0.29) is 36.6 Å². The zero-order chi connectivity index (χ0) is 19.6. The Hall–Kier alpha value is -2.35. The number of benzene rings is 1. The fraction of sp³-hybridized carbons (Fsp3) is 0.409. The number of carbonyl (C=O) groups is 1. The van der Waals surface area contributed by atoms with Gasteiger partial charge in [-0.2, -0.15) is 0 Å². The van der Waals surface area contributed by atoms with Crippen LogP contribution in [0.15, 0.2) is 42.9 Å². The average Bonchev–Trinajstić information content (AvgIpc) is 3.34. The molecule has 3 aromatic rings. The summed E-state index contributed by atoms with van der Waals surface area (Å²) in [5, 5.41) is 3.37. The number of carbonyl (C=O) groups excluding carboxylic acids is 1. The number of nitrogens with one attached hydrogen (secondary N) is 2. The van der Waals surface area contributed by atoms with Crippen LogP contribution < -0.4 is 5.32 Å². The van der Waals surface area contributed by atoms with Gasteiger partial charge in [-0.05, 0) is 18.4 Å². The van der Waals surface area contributed by atoms with Gasteiger partial charge in [-0.25, -0.2) is 9.97 Å². The van der Waals surface area contributed by atoms with E-state index in [1.54, 1.807) is 6.33 Å². The van der Waals surface area contributed by atoms with Crippen LogP contribution in [0.3, 0.4) is 0 Å². The molecule has 1 aromatic carbocycles. The number of nitrogens with zero attached hydrogens (tertiary/aromatic N) is 4. The molecule has 2 aromatic heterocycles. The van der Waals surface area contributed by atoms with Gasteiger partial charge in [0.1, 0.15) is 11.5 Å². The number of H-pyrrole nitrogens is 1. The first-order chi connectivity index (χ1) is 14.3. The lowest BCUT2D eigenvalue weighted by molar-refractivity contribution is 0.0706. The maximum absolute atomic E-state index is 13.3. The third kappa shape index (κ3) is 4.95. The zero-order valence-electron chi connectivity index (χ0n) is 17.3. The van der Waals surface area contributed by atoms with Gasteiger partial charge in [0, 0.05) is 44.7 Å². The van der Waals surface area contributed by atoms with Crippen LogP contribution in [-0.4, -0.2) is 50.0 Å². The molecule has 0 saturated heterocycles. The van der Waals surface area contributed by atoms with Crippen molar-refractivity contribution in [2.24, 2.45) is 0 Å². The van der Waals surface area contributed by atoms with E-state index < -0.39 is 0 Å². The molecule has 0 spiro atoms. The highest BCUT2D eigenvalue weighted by molar-refractivity contribution is 5.92. The molecule has 1 amide bonds. The van der Waals surface area contributed by atoms with Gasteiger partial charge < -0.3 is 19.8 Å². The van der Waals surface area contributed by atoms with Crippen LogP contribution in [0.2, 0.25) is 0 Å². The number of aromatic nitrogens is 4. The lowest BCUT2D eigenvalue weighted by Gasteiger charge is -2.31. The summed E-state index contributed by atoms with van der Waals surface area (Å²) in [6, 6.07) is 10.5. The summed E-state index contributed by atoms with van der Waals surface area (Å²) in [7, 11) is 0. The number of amides is 1. The van der Waals surface area contributed by atoms with E-state index in [0.717, 1.165) is 56.1 Å². The van der Waals surface area contributed by atoms with Crippen LogP contribution in [0.25, 0.3) is 0 Å². The minimum absolute atomic E-state index is 0. The van der Waals surface area contributed by atoms with Gasteiger partial charge in [0.25, 0.3) is 5.91 Å². The average molecular weight is 463 g/mol. The Balaban J connectivity index is 0.00000136. The molecular weight excluding hydrogens is 435 g/mol. The van der Waals surface area contributed by atoms with Gasteiger partial charge in [-0.1, -0.05) is 30.3 Å². The first kappa shape index (κ1) is 23.3. The van der Waals surface area contributed by atoms with Crippen molar-refractivity contribution < 1.29 is 4.79 Å². The maximum atomic E-state index is 13.3. The van der Waals surface area contributed by atoms with Gasteiger partial charge in [0.15, 0.2) is 0 Å². The van der Waals surface area contributed by atoms with E-state index in [1.807, 2.05) is 17.2 Å². The molecule has 31 heavy (non-hydrogen) atoms. The molecule has 0 fully saturated rings. The lowest BCUT2D eigenvalue weighted by atomic mass is 9.92. The molecule has 0 aliphatic carbocycles. The van der Waals surface area contributed by atoms with Crippen molar-refractivity contribution in [2.45, 2.75) is 38.3 Å². The predicted octanol–water partition coefficient (Wildman–Crippen LogP) is 2.97. The molecular formula is C22H28Cl2N6O. The SMILES string of the molecule is Cl.Cl.O=C(c1cn2c(n1)CCNCC2)N1Cc2[nH]cnc2C(CCc2ccccc2)C1. The van der Waals surface area contributed by atoms with Crippen molar-refractivity contribution in [1.29, 1.82) is 0 Å². The molecule has 4 heterocycles. The Bertz CT molecular complexity index is 979.